The number of ether oxygens (including phenoxy) is 1. The molecule has 2 aromatic heterocycles. The van der Waals surface area contributed by atoms with Gasteiger partial charge in [-0.2, -0.15) is 0 Å². The number of carbonyl (C=O) groups excluding carboxylic acids is 2. The molecule has 1 aliphatic heterocycles. The molecule has 0 bridgehead atoms. The van der Waals surface area contributed by atoms with Crippen LogP contribution in [-0.4, -0.2) is 62.8 Å². The van der Waals surface area contributed by atoms with Gasteiger partial charge < -0.3 is 14.5 Å². The van der Waals surface area contributed by atoms with Gasteiger partial charge in [-0.15, -0.1) is 0 Å². The largest absolute Gasteiger partial charge is 0.476 e. The van der Waals surface area contributed by atoms with Crippen LogP contribution < -0.4 is 14.4 Å². The number of nitrogens with one attached hydrogen (secondary N) is 1. The van der Waals surface area contributed by atoms with Crippen molar-refractivity contribution in [3.05, 3.63) is 72.6 Å². The smallest absolute Gasteiger partial charge is 0.262 e. The number of benzene rings is 2. The van der Waals surface area contributed by atoms with Crippen molar-refractivity contribution in [2.24, 2.45) is 0 Å². The third-order valence-corrected chi connectivity index (χ3v) is 9.07. The molecule has 1 fully saturated rings. The molecule has 1 spiro atoms. The molecule has 2 aliphatic rings. The van der Waals surface area contributed by atoms with Gasteiger partial charge in [0.2, 0.25) is 17.7 Å². The molecule has 11 heteroatoms. The zero-order valence-electron chi connectivity index (χ0n) is 22.9. The Hall–Kier alpha value is -4.51. The number of rotatable bonds is 8. The molecular weight excluding hydrogens is 542 g/mol. The van der Waals surface area contributed by atoms with E-state index in [9.17, 15) is 18.0 Å². The van der Waals surface area contributed by atoms with Gasteiger partial charge in [-0.1, -0.05) is 24.3 Å². The molecule has 1 saturated carbocycles. The Kier molecular flexibility index (Phi) is 6.41. The summed E-state index contributed by atoms with van der Waals surface area (Å²) in [4.78, 5) is 37.3. The highest BCUT2D eigenvalue weighted by Gasteiger charge is 2.59. The number of aromatic nitrogens is 2. The first-order valence-corrected chi connectivity index (χ1v) is 14.7. The number of fused-ring (bicyclic) bond motifs is 4. The molecule has 0 radical (unpaired) electrons. The van der Waals surface area contributed by atoms with E-state index in [1.54, 1.807) is 62.7 Å². The summed E-state index contributed by atoms with van der Waals surface area (Å²) in [6.07, 6.45) is 5.08. The lowest BCUT2D eigenvalue weighted by Gasteiger charge is -2.16. The first-order valence-electron chi connectivity index (χ1n) is 13.2. The highest BCUT2D eigenvalue weighted by atomic mass is 32.2. The van der Waals surface area contributed by atoms with E-state index in [1.807, 2.05) is 18.2 Å². The normalized spacial score (nSPS) is 15.2. The summed E-state index contributed by atoms with van der Waals surface area (Å²) >= 11 is 0. The van der Waals surface area contributed by atoms with Crippen molar-refractivity contribution >= 4 is 44.1 Å². The quantitative estimate of drug-likeness (QED) is 0.340. The van der Waals surface area contributed by atoms with Gasteiger partial charge in [-0.25, -0.2) is 13.4 Å². The van der Waals surface area contributed by atoms with E-state index in [2.05, 4.69) is 14.7 Å². The molecule has 3 heterocycles. The average Bonchev–Trinajstić information content (AvgIpc) is 3.74. The Balaban J connectivity index is 1.40. The Morgan fingerprint density at radius 1 is 1.05 bits per heavy atom. The first-order chi connectivity index (χ1) is 19.6. The van der Waals surface area contributed by atoms with Crippen LogP contribution in [0.4, 0.5) is 11.4 Å². The third kappa shape index (κ3) is 4.65. The van der Waals surface area contributed by atoms with Gasteiger partial charge in [0.15, 0.2) is 0 Å². The Labute approximate surface area is 238 Å². The summed E-state index contributed by atoms with van der Waals surface area (Å²) in [6.45, 7) is 0.0286. The van der Waals surface area contributed by atoms with E-state index in [0.29, 0.717) is 5.56 Å². The van der Waals surface area contributed by atoms with E-state index < -0.39 is 15.4 Å². The van der Waals surface area contributed by atoms with Gasteiger partial charge in [0, 0.05) is 43.9 Å². The van der Waals surface area contributed by atoms with Crippen LogP contribution in [0.25, 0.3) is 22.0 Å². The summed E-state index contributed by atoms with van der Waals surface area (Å²) in [5.74, 6) is 0.0379. The standard InChI is InChI=1S/C30H29N5O5S/c1-34(2)26(36)11-14-40-28-24(33-41(38,39)21-7-5-4-6-8-21)16-20(17-32-28)19-9-10-23-22(15-19)27-25(18-31-23)35(3)29(37)30(27)12-13-30/h4-10,15-18,33H,11-14H2,1-3H3. The van der Waals surface area contributed by atoms with Crippen LogP contribution in [0.15, 0.2) is 71.9 Å². The maximum absolute atomic E-state index is 13.2. The lowest BCUT2D eigenvalue weighted by molar-refractivity contribution is -0.129. The molecule has 41 heavy (non-hydrogen) atoms. The van der Waals surface area contributed by atoms with Crippen LogP contribution in [0, 0.1) is 0 Å². The number of anilines is 2. The molecule has 2 aromatic carbocycles. The molecule has 6 rings (SSSR count). The Morgan fingerprint density at radius 2 is 1.80 bits per heavy atom. The number of likely N-dealkylation sites (N-methyl/N-ethyl adjacent to an activating group) is 1. The van der Waals surface area contributed by atoms with E-state index in [4.69, 9.17) is 4.74 Å². The van der Waals surface area contributed by atoms with E-state index >= 15 is 0 Å². The van der Waals surface area contributed by atoms with Crippen molar-refractivity contribution in [2.45, 2.75) is 29.6 Å². The maximum atomic E-state index is 13.2. The third-order valence-electron chi connectivity index (χ3n) is 7.69. The number of hydrogen-bond acceptors (Lipinski definition) is 7. The van der Waals surface area contributed by atoms with Gasteiger partial charge in [-0.05, 0) is 48.7 Å². The number of carbonyl (C=O) groups is 2. The fraction of sp³-hybridized carbons (Fsp3) is 0.267. The van der Waals surface area contributed by atoms with Crippen LogP contribution in [0.2, 0.25) is 0 Å². The van der Waals surface area contributed by atoms with Crippen molar-refractivity contribution in [1.82, 2.24) is 14.9 Å². The zero-order valence-corrected chi connectivity index (χ0v) is 23.7. The second-order valence-electron chi connectivity index (χ2n) is 10.6. The first kappa shape index (κ1) is 26.7. The van der Waals surface area contributed by atoms with Crippen molar-refractivity contribution in [2.75, 3.05) is 37.4 Å². The summed E-state index contributed by atoms with van der Waals surface area (Å²) < 4.78 is 34.8. The van der Waals surface area contributed by atoms with E-state index in [0.717, 1.165) is 40.6 Å². The van der Waals surface area contributed by atoms with Crippen molar-refractivity contribution in [3.8, 4) is 17.0 Å². The topological polar surface area (TPSA) is 122 Å². The minimum absolute atomic E-state index is 0.0286. The highest BCUT2D eigenvalue weighted by Crippen LogP contribution is 2.58. The zero-order chi connectivity index (χ0) is 28.9. The lowest BCUT2D eigenvalue weighted by Crippen LogP contribution is -2.28. The van der Waals surface area contributed by atoms with E-state index in [-0.39, 0.29) is 41.3 Å². The van der Waals surface area contributed by atoms with Gasteiger partial charge >= 0.3 is 0 Å². The number of amides is 2. The summed E-state index contributed by atoms with van der Waals surface area (Å²) in [7, 11) is 1.14. The molecule has 210 valence electrons. The monoisotopic (exact) mass is 571 g/mol. The van der Waals surface area contributed by atoms with Gasteiger partial charge in [0.1, 0.15) is 5.69 Å². The minimum Gasteiger partial charge on any atom is -0.476 e. The molecule has 4 aromatic rings. The molecule has 1 aliphatic carbocycles. The minimum atomic E-state index is -3.95. The fourth-order valence-corrected chi connectivity index (χ4v) is 6.37. The van der Waals surface area contributed by atoms with Crippen LogP contribution in [0.1, 0.15) is 24.8 Å². The number of sulfonamides is 1. The second-order valence-corrected chi connectivity index (χ2v) is 12.3. The van der Waals surface area contributed by atoms with Crippen LogP contribution >= 0.6 is 0 Å². The number of hydrogen-bond donors (Lipinski definition) is 1. The van der Waals surface area contributed by atoms with Crippen LogP contribution in [-0.2, 0) is 25.0 Å². The fourth-order valence-electron chi connectivity index (χ4n) is 5.31. The molecule has 0 atom stereocenters. The second kappa shape index (κ2) is 9.84. The predicted octanol–water partition coefficient (Wildman–Crippen LogP) is 3.96. The van der Waals surface area contributed by atoms with Crippen LogP contribution in [0.5, 0.6) is 5.88 Å². The summed E-state index contributed by atoms with van der Waals surface area (Å²) in [5.41, 5.74) is 3.70. The van der Waals surface area contributed by atoms with Crippen molar-refractivity contribution in [3.63, 3.8) is 0 Å². The maximum Gasteiger partial charge on any atom is 0.262 e. The predicted molar refractivity (Wildman–Crippen MR) is 155 cm³/mol. The van der Waals surface area contributed by atoms with Crippen molar-refractivity contribution in [1.29, 1.82) is 0 Å². The van der Waals surface area contributed by atoms with Gasteiger partial charge in [-0.3, -0.25) is 19.3 Å². The van der Waals surface area contributed by atoms with Crippen LogP contribution in [0.3, 0.4) is 0 Å². The molecule has 2 amide bonds. The SMILES string of the molecule is CN(C)C(=O)CCOc1ncc(-c2ccc3ncc4c(c3c2)C2(CC2)C(=O)N4C)cc1NS(=O)(=O)c1ccccc1. The lowest BCUT2D eigenvalue weighted by atomic mass is 9.92. The van der Waals surface area contributed by atoms with Crippen molar-refractivity contribution < 1.29 is 22.7 Å². The molecule has 1 N–H and O–H groups in total. The summed E-state index contributed by atoms with van der Waals surface area (Å²) in [5, 5.41) is 0.893. The molecular formula is C30H29N5O5S. The van der Waals surface area contributed by atoms with E-state index in [1.165, 1.54) is 17.0 Å². The Morgan fingerprint density at radius 3 is 2.51 bits per heavy atom. The molecule has 0 unspecified atom stereocenters. The molecule has 10 nitrogen and oxygen atoms in total. The van der Waals surface area contributed by atoms with Gasteiger partial charge in [0.25, 0.3) is 10.0 Å². The Bertz CT molecular complexity index is 1800. The van der Waals surface area contributed by atoms with Gasteiger partial charge in [0.05, 0.1) is 40.7 Å². The number of nitrogens with zero attached hydrogens (tertiary/aromatic N) is 4. The summed E-state index contributed by atoms with van der Waals surface area (Å²) in [6, 6.07) is 15.5. The average molecular weight is 572 g/mol. The molecule has 0 saturated heterocycles. The highest BCUT2D eigenvalue weighted by molar-refractivity contribution is 7.92. The number of pyridine rings is 2.